The third-order valence-corrected chi connectivity index (χ3v) is 4.86. The summed E-state index contributed by atoms with van der Waals surface area (Å²) in [4.78, 5) is 2.77. The van der Waals surface area contributed by atoms with Crippen LogP contribution in [0.3, 0.4) is 0 Å². The van der Waals surface area contributed by atoms with Crippen LogP contribution in [0.25, 0.3) is 0 Å². The minimum Gasteiger partial charge on any atom is -0.311 e. The van der Waals surface area contributed by atoms with Crippen molar-refractivity contribution in [3.8, 4) is 0 Å². The van der Waals surface area contributed by atoms with Gasteiger partial charge in [-0.25, -0.2) is 0 Å². The predicted octanol–water partition coefficient (Wildman–Crippen LogP) is 2.89. The van der Waals surface area contributed by atoms with Crippen molar-refractivity contribution >= 4 is 0 Å². The molecule has 1 heterocycles. The van der Waals surface area contributed by atoms with Gasteiger partial charge in [0.2, 0.25) is 0 Å². The SMILES string of the molecule is CCC(C)C1CN(C(CC)CC2CC2)CCN1. The molecule has 0 aromatic rings. The molecule has 2 aliphatic rings. The van der Waals surface area contributed by atoms with Crippen LogP contribution in [0.4, 0.5) is 0 Å². The first-order valence-electron chi connectivity index (χ1n) is 7.72. The van der Waals surface area contributed by atoms with Crippen LogP contribution in [0.5, 0.6) is 0 Å². The molecule has 2 rings (SSSR count). The van der Waals surface area contributed by atoms with Gasteiger partial charge in [0.15, 0.2) is 0 Å². The molecule has 0 radical (unpaired) electrons. The molecule has 3 atom stereocenters. The van der Waals surface area contributed by atoms with Gasteiger partial charge >= 0.3 is 0 Å². The third kappa shape index (κ3) is 3.69. The molecule has 0 bridgehead atoms. The predicted molar refractivity (Wildman–Crippen MR) is 74.2 cm³/mol. The number of nitrogens with zero attached hydrogens (tertiary/aromatic N) is 1. The van der Waals surface area contributed by atoms with Crippen LogP contribution in [0, 0.1) is 11.8 Å². The van der Waals surface area contributed by atoms with E-state index in [-0.39, 0.29) is 0 Å². The van der Waals surface area contributed by atoms with E-state index in [1.54, 1.807) is 0 Å². The maximum absolute atomic E-state index is 3.71. The zero-order chi connectivity index (χ0) is 12.3. The van der Waals surface area contributed by atoms with Crippen LogP contribution in [0.2, 0.25) is 0 Å². The lowest BCUT2D eigenvalue weighted by Crippen LogP contribution is -2.56. The molecule has 1 aliphatic heterocycles. The van der Waals surface area contributed by atoms with Crippen molar-refractivity contribution in [1.29, 1.82) is 0 Å². The van der Waals surface area contributed by atoms with E-state index < -0.39 is 0 Å². The molecule has 3 unspecified atom stereocenters. The van der Waals surface area contributed by atoms with Crippen LogP contribution >= 0.6 is 0 Å². The highest BCUT2D eigenvalue weighted by Gasteiger charge is 2.31. The van der Waals surface area contributed by atoms with Gasteiger partial charge in [-0.1, -0.05) is 40.0 Å². The normalized spacial score (nSPS) is 30.2. The lowest BCUT2D eigenvalue weighted by molar-refractivity contribution is 0.111. The molecule has 1 saturated carbocycles. The van der Waals surface area contributed by atoms with Gasteiger partial charge in [0.25, 0.3) is 0 Å². The van der Waals surface area contributed by atoms with E-state index in [0.717, 1.165) is 23.9 Å². The van der Waals surface area contributed by atoms with Crippen molar-refractivity contribution in [2.75, 3.05) is 19.6 Å². The summed E-state index contributed by atoms with van der Waals surface area (Å²) in [6.07, 6.45) is 7.09. The third-order valence-electron chi connectivity index (χ3n) is 4.86. The summed E-state index contributed by atoms with van der Waals surface area (Å²) >= 11 is 0. The lowest BCUT2D eigenvalue weighted by atomic mass is 9.95. The fraction of sp³-hybridized carbons (Fsp3) is 1.00. The largest absolute Gasteiger partial charge is 0.311 e. The van der Waals surface area contributed by atoms with Crippen LogP contribution in [0.15, 0.2) is 0 Å². The Labute approximate surface area is 107 Å². The minimum absolute atomic E-state index is 0.724. The van der Waals surface area contributed by atoms with Crippen LogP contribution in [-0.2, 0) is 0 Å². The Hall–Kier alpha value is -0.0800. The quantitative estimate of drug-likeness (QED) is 0.765. The molecule has 1 saturated heterocycles. The second-order valence-corrected chi connectivity index (χ2v) is 6.18. The Bertz CT molecular complexity index is 225. The second kappa shape index (κ2) is 6.19. The molecular weight excluding hydrogens is 208 g/mol. The summed E-state index contributed by atoms with van der Waals surface area (Å²) in [6, 6.07) is 1.58. The molecule has 0 amide bonds. The molecule has 1 aliphatic carbocycles. The zero-order valence-electron chi connectivity index (χ0n) is 11.9. The molecule has 2 nitrogen and oxygen atoms in total. The molecule has 0 aromatic carbocycles. The number of rotatable bonds is 6. The monoisotopic (exact) mass is 238 g/mol. The summed E-state index contributed by atoms with van der Waals surface area (Å²) in [5, 5.41) is 3.71. The number of hydrogen-bond acceptors (Lipinski definition) is 2. The van der Waals surface area contributed by atoms with Gasteiger partial charge in [0.05, 0.1) is 0 Å². The van der Waals surface area contributed by atoms with Gasteiger partial charge in [-0.3, -0.25) is 4.90 Å². The van der Waals surface area contributed by atoms with E-state index in [9.17, 15) is 0 Å². The van der Waals surface area contributed by atoms with Gasteiger partial charge in [-0.15, -0.1) is 0 Å². The van der Waals surface area contributed by atoms with Gasteiger partial charge in [-0.05, 0) is 24.7 Å². The molecular formula is C15H30N2. The van der Waals surface area contributed by atoms with Gasteiger partial charge < -0.3 is 5.32 Å². The first-order chi connectivity index (χ1) is 8.24. The van der Waals surface area contributed by atoms with Crippen molar-refractivity contribution in [1.82, 2.24) is 10.2 Å². The summed E-state index contributed by atoms with van der Waals surface area (Å²) in [6.45, 7) is 10.8. The van der Waals surface area contributed by atoms with E-state index in [0.29, 0.717) is 0 Å². The fourth-order valence-corrected chi connectivity index (χ4v) is 3.11. The number of piperazine rings is 1. The Morgan fingerprint density at radius 2 is 2.00 bits per heavy atom. The Morgan fingerprint density at radius 3 is 2.59 bits per heavy atom. The highest BCUT2D eigenvalue weighted by Crippen LogP contribution is 2.35. The first-order valence-corrected chi connectivity index (χ1v) is 7.72. The average molecular weight is 238 g/mol. The van der Waals surface area contributed by atoms with E-state index in [1.165, 1.54) is 51.7 Å². The molecule has 0 aromatic heterocycles. The van der Waals surface area contributed by atoms with Crippen molar-refractivity contribution < 1.29 is 0 Å². The van der Waals surface area contributed by atoms with Crippen molar-refractivity contribution in [2.45, 2.75) is 65.0 Å². The maximum atomic E-state index is 3.71. The molecule has 17 heavy (non-hydrogen) atoms. The molecule has 1 N–H and O–H groups in total. The van der Waals surface area contributed by atoms with Gasteiger partial charge in [0, 0.05) is 31.7 Å². The fourth-order valence-electron chi connectivity index (χ4n) is 3.11. The van der Waals surface area contributed by atoms with Gasteiger partial charge in [-0.2, -0.15) is 0 Å². The maximum Gasteiger partial charge on any atom is 0.0221 e. The highest BCUT2D eigenvalue weighted by molar-refractivity contribution is 4.88. The summed E-state index contributed by atoms with van der Waals surface area (Å²) in [7, 11) is 0. The summed E-state index contributed by atoms with van der Waals surface area (Å²) in [5.74, 6) is 1.88. The molecule has 0 spiro atoms. The van der Waals surface area contributed by atoms with E-state index in [4.69, 9.17) is 0 Å². The summed E-state index contributed by atoms with van der Waals surface area (Å²) < 4.78 is 0. The van der Waals surface area contributed by atoms with E-state index in [2.05, 4.69) is 31.0 Å². The Balaban J connectivity index is 1.85. The Morgan fingerprint density at radius 1 is 1.24 bits per heavy atom. The van der Waals surface area contributed by atoms with Gasteiger partial charge in [0.1, 0.15) is 0 Å². The smallest absolute Gasteiger partial charge is 0.0221 e. The average Bonchev–Trinajstić information content (AvgIpc) is 3.19. The molecule has 2 fully saturated rings. The number of nitrogens with one attached hydrogen (secondary N) is 1. The standard InChI is InChI=1S/C15H30N2/c1-4-12(3)15-11-17(9-8-16-15)14(5-2)10-13-6-7-13/h12-16H,4-11H2,1-3H3. The van der Waals surface area contributed by atoms with Crippen molar-refractivity contribution in [3.63, 3.8) is 0 Å². The lowest BCUT2D eigenvalue weighted by Gasteiger charge is -2.40. The van der Waals surface area contributed by atoms with E-state index >= 15 is 0 Å². The van der Waals surface area contributed by atoms with Crippen molar-refractivity contribution in [3.05, 3.63) is 0 Å². The Kier molecular flexibility index (Phi) is 4.87. The van der Waals surface area contributed by atoms with Crippen LogP contribution in [-0.4, -0.2) is 36.6 Å². The van der Waals surface area contributed by atoms with Crippen LogP contribution in [0.1, 0.15) is 52.9 Å². The highest BCUT2D eigenvalue weighted by atomic mass is 15.2. The topological polar surface area (TPSA) is 15.3 Å². The molecule has 100 valence electrons. The minimum atomic E-state index is 0.724. The molecule has 2 heteroatoms. The van der Waals surface area contributed by atoms with Crippen LogP contribution < -0.4 is 5.32 Å². The summed E-state index contributed by atoms with van der Waals surface area (Å²) in [5.41, 5.74) is 0. The zero-order valence-corrected chi connectivity index (χ0v) is 11.9. The van der Waals surface area contributed by atoms with Crippen molar-refractivity contribution in [2.24, 2.45) is 11.8 Å². The second-order valence-electron chi connectivity index (χ2n) is 6.18. The van der Waals surface area contributed by atoms with E-state index in [1.807, 2.05) is 0 Å². The number of hydrogen-bond donors (Lipinski definition) is 1. The first kappa shape index (κ1) is 13.4.